The van der Waals surface area contributed by atoms with Crippen LogP contribution in [0.15, 0.2) is 72.8 Å². The second kappa shape index (κ2) is 14.4. The molecule has 42 heavy (non-hydrogen) atoms. The van der Waals surface area contributed by atoms with E-state index in [4.69, 9.17) is 23.2 Å². The molecular weight excluding hydrogens is 593 g/mol. The van der Waals surface area contributed by atoms with Gasteiger partial charge >= 0.3 is 0 Å². The van der Waals surface area contributed by atoms with E-state index < -0.39 is 21.6 Å². The minimum Gasteiger partial charge on any atom is -0.350 e. The second-order valence-electron chi connectivity index (χ2n) is 11.5. The summed E-state index contributed by atoms with van der Waals surface area (Å²) >= 11 is 12.6. The van der Waals surface area contributed by atoms with Crippen LogP contribution < -0.4 is 9.62 Å². The summed E-state index contributed by atoms with van der Waals surface area (Å²) < 4.78 is 26.5. The molecule has 3 aromatic rings. The van der Waals surface area contributed by atoms with Crippen molar-refractivity contribution in [3.8, 4) is 0 Å². The molecule has 0 unspecified atom stereocenters. The lowest BCUT2D eigenvalue weighted by Crippen LogP contribution is -2.54. The fourth-order valence-corrected chi connectivity index (χ4v) is 5.99. The van der Waals surface area contributed by atoms with Gasteiger partial charge in [0.25, 0.3) is 0 Å². The molecule has 10 heteroatoms. The number of hydrogen-bond acceptors (Lipinski definition) is 4. The Balaban J connectivity index is 1.93. The van der Waals surface area contributed by atoms with Crippen LogP contribution in [0.1, 0.15) is 50.3 Å². The zero-order chi connectivity index (χ0) is 31.1. The number of aryl methyl sites for hydroxylation is 1. The molecular formula is C32H39Cl2N3O4S. The molecule has 3 rings (SSSR count). The van der Waals surface area contributed by atoms with E-state index in [1.165, 1.54) is 4.31 Å². The van der Waals surface area contributed by atoms with Gasteiger partial charge in [-0.3, -0.25) is 13.9 Å². The van der Waals surface area contributed by atoms with E-state index in [9.17, 15) is 18.0 Å². The predicted molar refractivity (Wildman–Crippen MR) is 171 cm³/mol. The van der Waals surface area contributed by atoms with E-state index in [-0.39, 0.29) is 37.7 Å². The summed E-state index contributed by atoms with van der Waals surface area (Å²) in [7, 11) is -3.58. The number of anilines is 1. The lowest BCUT2D eigenvalue weighted by atomic mass is 10.00. The molecule has 0 spiro atoms. The van der Waals surface area contributed by atoms with Crippen molar-refractivity contribution in [3.63, 3.8) is 0 Å². The molecule has 3 aromatic carbocycles. The first-order valence-corrected chi connectivity index (χ1v) is 16.4. The predicted octanol–water partition coefficient (Wildman–Crippen LogP) is 6.40. The number of carbonyl (C=O) groups excluding carboxylic acids is 2. The van der Waals surface area contributed by atoms with Gasteiger partial charge in [-0.2, -0.15) is 0 Å². The number of nitrogens with zero attached hydrogens (tertiary/aromatic N) is 2. The van der Waals surface area contributed by atoms with Crippen molar-refractivity contribution < 1.29 is 18.0 Å². The maximum Gasteiger partial charge on any atom is 0.243 e. The molecule has 226 valence electrons. The molecule has 0 fully saturated rings. The molecule has 0 bridgehead atoms. The summed E-state index contributed by atoms with van der Waals surface area (Å²) in [6, 6.07) is 20.9. The Morgan fingerprint density at radius 3 is 2.17 bits per heavy atom. The van der Waals surface area contributed by atoms with Gasteiger partial charge < -0.3 is 10.2 Å². The van der Waals surface area contributed by atoms with Gasteiger partial charge in [-0.1, -0.05) is 77.3 Å². The topological polar surface area (TPSA) is 86.8 Å². The molecule has 1 atom stereocenters. The SMILES string of the molecule is Cc1ccc(N(CCCC(=O)N(Cc2ccc(Cl)cc2Cl)[C@@H](Cc2ccccc2)C(=O)NC(C)(C)C)S(C)(=O)=O)cc1. The Bertz CT molecular complexity index is 1470. The summed E-state index contributed by atoms with van der Waals surface area (Å²) in [6.07, 6.45) is 1.72. The largest absolute Gasteiger partial charge is 0.350 e. The van der Waals surface area contributed by atoms with Gasteiger partial charge in [0.2, 0.25) is 21.8 Å². The molecule has 0 radical (unpaired) electrons. The number of benzene rings is 3. The van der Waals surface area contributed by atoms with Crippen molar-refractivity contribution in [2.75, 3.05) is 17.1 Å². The first-order chi connectivity index (χ1) is 19.6. The molecule has 0 saturated carbocycles. The normalized spacial score (nSPS) is 12.5. The van der Waals surface area contributed by atoms with Crippen LogP contribution in [0.5, 0.6) is 0 Å². The van der Waals surface area contributed by atoms with Crippen molar-refractivity contribution in [1.29, 1.82) is 0 Å². The van der Waals surface area contributed by atoms with Gasteiger partial charge in [0.05, 0.1) is 11.9 Å². The zero-order valence-electron chi connectivity index (χ0n) is 24.7. The molecule has 7 nitrogen and oxygen atoms in total. The minimum absolute atomic E-state index is 0.0250. The van der Waals surface area contributed by atoms with Crippen LogP contribution in [0, 0.1) is 6.92 Å². The summed E-state index contributed by atoms with van der Waals surface area (Å²) in [6.45, 7) is 7.78. The third-order valence-electron chi connectivity index (χ3n) is 6.60. The number of sulfonamides is 1. The smallest absolute Gasteiger partial charge is 0.243 e. The Morgan fingerprint density at radius 1 is 0.952 bits per heavy atom. The number of halogens is 2. The summed E-state index contributed by atoms with van der Waals surface area (Å²) in [5, 5.41) is 3.88. The van der Waals surface area contributed by atoms with Gasteiger partial charge in [-0.15, -0.1) is 0 Å². The standard InChI is InChI=1S/C32H39Cl2N3O4S/c1-23-13-17-27(18-14-23)37(42(5,40)41)19-9-12-30(38)36(22-25-15-16-26(33)21-28(25)34)29(31(39)35-32(2,3)4)20-24-10-7-6-8-11-24/h6-8,10-11,13-18,21,29H,9,12,19-20,22H2,1-5H3,(H,35,39)/t29-/m0/s1. The first-order valence-electron chi connectivity index (χ1n) is 13.8. The van der Waals surface area contributed by atoms with Crippen molar-refractivity contribution in [3.05, 3.63) is 99.5 Å². The monoisotopic (exact) mass is 631 g/mol. The molecule has 0 aromatic heterocycles. The lowest BCUT2D eigenvalue weighted by molar-refractivity contribution is -0.142. The number of hydrogen-bond donors (Lipinski definition) is 1. The highest BCUT2D eigenvalue weighted by molar-refractivity contribution is 7.92. The third-order valence-corrected chi connectivity index (χ3v) is 8.38. The highest BCUT2D eigenvalue weighted by Gasteiger charge is 2.32. The van der Waals surface area contributed by atoms with Crippen molar-refractivity contribution in [2.24, 2.45) is 0 Å². The van der Waals surface area contributed by atoms with Crippen LogP contribution in [-0.4, -0.2) is 49.5 Å². The van der Waals surface area contributed by atoms with E-state index in [1.54, 1.807) is 35.2 Å². The summed E-state index contributed by atoms with van der Waals surface area (Å²) in [5.74, 6) is -0.578. The average Bonchev–Trinajstić information content (AvgIpc) is 2.89. The molecule has 0 heterocycles. The van der Waals surface area contributed by atoms with Gasteiger partial charge in [-0.25, -0.2) is 8.42 Å². The van der Waals surface area contributed by atoms with E-state index in [2.05, 4.69) is 5.32 Å². The van der Waals surface area contributed by atoms with E-state index in [0.29, 0.717) is 27.7 Å². The quantitative estimate of drug-likeness (QED) is 0.250. The van der Waals surface area contributed by atoms with Gasteiger partial charge in [0.1, 0.15) is 6.04 Å². The maximum absolute atomic E-state index is 13.9. The van der Waals surface area contributed by atoms with Gasteiger partial charge in [0, 0.05) is 41.5 Å². The van der Waals surface area contributed by atoms with Crippen LogP contribution >= 0.6 is 23.2 Å². The number of amides is 2. The number of carbonyl (C=O) groups is 2. The molecule has 1 N–H and O–H groups in total. The van der Waals surface area contributed by atoms with Crippen LogP contribution in [0.3, 0.4) is 0 Å². The van der Waals surface area contributed by atoms with Crippen molar-refractivity contribution >= 4 is 50.7 Å². The molecule has 0 saturated heterocycles. The van der Waals surface area contributed by atoms with Crippen LogP contribution in [0.4, 0.5) is 5.69 Å². The van der Waals surface area contributed by atoms with Crippen LogP contribution in [-0.2, 0) is 32.6 Å². The average molecular weight is 633 g/mol. The fraction of sp³-hybridized carbons (Fsp3) is 0.375. The minimum atomic E-state index is -3.58. The van der Waals surface area contributed by atoms with E-state index in [1.807, 2.05) is 70.2 Å². The Hall–Kier alpha value is -3.07. The fourth-order valence-electron chi connectivity index (χ4n) is 4.56. The van der Waals surface area contributed by atoms with Crippen molar-refractivity contribution in [1.82, 2.24) is 10.2 Å². The molecule has 0 aliphatic carbocycles. The zero-order valence-corrected chi connectivity index (χ0v) is 27.1. The van der Waals surface area contributed by atoms with Gasteiger partial charge in [0.15, 0.2) is 0 Å². The van der Waals surface area contributed by atoms with Gasteiger partial charge in [-0.05, 0) is 69.5 Å². The molecule has 2 amide bonds. The summed E-state index contributed by atoms with van der Waals surface area (Å²) in [5.41, 5.74) is 2.56. The van der Waals surface area contributed by atoms with Crippen LogP contribution in [0.25, 0.3) is 0 Å². The van der Waals surface area contributed by atoms with E-state index in [0.717, 1.165) is 17.4 Å². The molecule has 0 aliphatic heterocycles. The first kappa shape index (κ1) is 33.4. The lowest BCUT2D eigenvalue weighted by Gasteiger charge is -2.34. The Morgan fingerprint density at radius 2 is 1.60 bits per heavy atom. The van der Waals surface area contributed by atoms with Crippen LogP contribution in [0.2, 0.25) is 10.0 Å². The second-order valence-corrected chi connectivity index (χ2v) is 14.2. The third kappa shape index (κ3) is 10.0. The number of rotatable bonds is 12. The Kier molecular flexibility index (Phi) is 11.5. The highest BCUT2D eigenvalue weighted by atomic mass is 35.5. The number of nitrogens with one attached hydrogen (secondary N) is 1. The Labute approximate surface area is 259 Å². The molecule has 0 aliphatic rings. The summed E-state index contributed by atoms with van der Waals surface area (Å²) in [4.78, 5) is 29.2. The van der Waals surface area contributed by atoms with Crippen molar-refractivity contribution in [2.45, 2.75) is 65.1 Å². The van der Waals surface area contributed by atoms with E-state index >= 15 is 0 Å². The maximum atomic E-state index is 13.9. The highest BCUT2D eigenvalue weighted by Crippen LogP contribution is 2.25.